The summed E-state index contributed by atoms with van der Waals surface area (Å²) in [6.45, 7) is 5.65. The van der Waals surface area contributed by atoms with Crippen molar-refractivity contribution in [1.29, 1.82) is 0 Å². The van der Waals surface area contributed by atoms with Gasteiger partial charge in [0, 0.05) is 17.6 Å². The fraction of sp³-hybridized carbons (Fsp3) is 0.250. The summed E-state index contributed by atoms with van der Waals surface area (Å²) in [6.07, 6.45) is 0. The molecule has 0 aliphatic carbocycles. The summed E-state index contributed by atoms with van der Waals surface area (Å²) in [5.41, 5.74) is 3.25. The van der Waals surface area contributed by atoms with E-state index in [9.17, 15) is 0 Å². The van der Waals surface area contributed by atoms with E-state index in [-0.39, 0.29) is 6.04 Å². The average Bonchev–Trinajstić information content (AvgIpc) is 2.72. The molecule has 152 valence electrons. The molecular formula is C24H25Cl2NO2. The Morgan fingerprint density at radius 1 is 0.897 bits per heavy atom. The van der Waals surface area contributed by atoms with Crippen molar-refractivity contribution in [1.82, 2.24) is 5.32 Å². The molecular weight excluding hydrogens is 405 g/mol. The number of nitrogens with one attached hydrogen (secondary N) is 1. The van der Waals surface area contributed by atoms with Crippen molar-refractivity contribution < 1.29 is 9.47 Å². The van der Waals surface area contributed by atoms with Crippen LogP contribution in [0.25, 0.3) is 0 Å². The largest absolute Gasteiger partial charge is 0.490 e. The molecule has 0 aliphatic heterocycles. The SMILES string of the molecule is CCOc1cc(CN[C@H](C)c2ccccc2)cc(Cl)c1OCc1cccc(Cl)c1. The minimum atomic E-state index is 0.226. The monoisotopic (exact) mass is 429 g/mol. The summed E-state index contributed by atoms with van der Waals surface area (Å²) >= 11 is 12.6. The maximum Gasteiger partial charge on any atom is 0.180 e. The van der Waals surface area contributed by atoms with E-state index in [0.29, 0.717) is 41.3 Å². The Bertz CT molecular complexity index is 931. The van der Waals surface area contributed by atoms with E-state index >= 15 is 0 Å². The third-order valence-electron chi connectivity index (χ3n) is 4.55. The Hall–Kier alpha value is -2.20. The number of hydrogen-bond donors (Lipinski definition) is 1. The van der Waals surface area contributed by atoms with Gasteiger partial charge in [0.1, 0.15) is 6.61 Å². The van der Waals surface area contributed by atoms with Crippen LogP contribution in [0.15, 0.2) is 66.7 Å². The molecule has 0 bridgehead atoms. The number of benzene rings is 3. The molecule has 3 aromatic rings. The molecule has 0 saturated heterocycles. The highest BCUT2D eigenvalue weighted by molar-refractivity contribution is 6.32. The minimum Gasteiger partial charge on any atom is -0.490 e. The van der Waals surface area contributed by atoms with Gasteiger partial charge in [-0.1, -0.05) is 65.7 Å². The highest BCUT2D eigenvalue weighted by Crippen LogP contribution is 2.37. The van der Waals surface area contributed by atoms with Crippen LogP contribution in [0.1, 0.15) is 36.6 Å². The normalized spacial score (nSPS) is 11.9. The van der Waals surface area contributed by atoms with Gasteiger partial charge in [-0.05, 0) is 54.8 Å². The second kappa shape index (κ2) is 10.5. The Kier molecular flexibility index (Phi) is 7.82. The fourth-order valence-electron chi connectivity index (χ4n) is 3.04. The zero-order chi connectivity index (χ0) is 20.6. The first kappa shape index (κ1) is 21.5. The van der Waals surface area contributed by atoms with E-state index in [4.69, 9.17) is 32.7 Å². The number of halogens is 2. The summed E-state index contributed by atoms with van der Waals surface area (Å²) in [7, 11) is 0. The molecule has 0 aliphatic rings. The van der Waals surface area contributed by atoms with Gasteiger partial charge >= 0.3 is 0 Å². The van der Waals surface area contributed by atoms with Gasteiger partial charge in [-0.15, -0.1) is 0 Å². The van der Waals surface area contributed by atoms with Gasteiger partial charge in [0.05, 0.1) is 11.6 Å². The fourth-order valence-corrected chi connectivity index (χ4v) is 3.54. The lowest BCUT2D eigenvalue weighted by Gasteiger charge is -2.18. The van der Waals surface area contributed by atoms with Gasteiger partial charge in [0.2, 0.25) is 0 Å². The predicted octanol–water partition coefficient (Wildman–Crippen LogP) is 6.82. The third kappa shape index (κ3) is 6.14. The maximum atomic E-state index is 6.54. The van der Waals surface area contributed by atoms with Crippen LogP contribution in [0.5, 0.6) is 11.5 Å². The quantitative estimate of drug-likeness (QED) is 0.404. The lowest BCUT2D eigenvalue weighted by Crippen LogP contribution is -2.18. The highest BCUT2D eigenvalue weighted by atomic mass is 35.5. The Labute approximate surface area is 182 Å². The summed E-state index contributed by atoms with van der Waals surface area (Å²) in [5, 5.41) is 4.73. The molecule has 0 amide bonds. The van der Waals surface area contributed by atoms with E-state index < -0.39 is 0 Å². The molecule has 3 rings (SSSR count). The molecule has 0 unspecified atom stereocenters. The Morgan fingerprint density at radius 3 is 2.41 bits per heavy atom. The smallest absolute Gasteiger partial charge is 0.180 e. The van der Waals surface area contributed by atoms with Crippen molar-refractivity contribution in [2.75, 3.05) is 6.61 Å². The van der Waals surface area contributed by atoms with Crippen molar-refractivity contribution >= 4 is 23.2 Å². The van der Waals surface area contributed by atoms with Crippen molar-refractivity contribution in [2.45, 2.75) is 33.0 Å². The Morgan fingerprint density at radius 2 is 1.69 bits per heavy atom. The van der Waals surface area contributed by atoms with Crippen LogP contribution in [0.4, 0.5) is 0 Å². The van der Waals surface area contributed by atoms with Crippen molar-refractivity contribution in [3.8, 4) is 11.5 Å². The van der Waals surface area contributed by atoms with E-state index in [1.807, 2.05) is 61.5 Å². The second-order valence-electron chi connectivity index (χ2n) is 6.77. The highest BCUT2D eigenvalue weighted by Gasteiger charge is 2.14. The molecule has 1 atom stereocenters. The zero-order valence-corrected chi connectivity index (χ0v) is 18.1. The first-order chi connectivity index (χ1) is 14.1. The van der Waals surface area contributed by atoms with Crippen LogP contribution < -0.4 is 14.8 Å². The number of rotatable bonds is 9. The molecule has 0 fully saturated rings. The first-order valence-electron chi connectivity index (χ1n) is 9.67. The first-order valence-corrected chi connectivity index (χ1v) is 10.4. The Balaban J connectivity index is 1.71. The lowest BCUT2D eigenvalue weighted by atomic mass is 10.1. The van der Waals surface area contributed by atoms with Crippen LogP contribution in [-0.4, -0.2) is 6.61 Å². The average molecular weight is 430 g/mol. The molecule has 3 nitrogen and oxygen atoms in total. The molecule has 0 radical (unpaired) electrons. The molecule has 0 heterocycles. The van der Waals surface area contributed by atoms with Gasteiger partial charge in [-0.25, -0.2) is 0 Å². The minimum absolute atomic E-state index is 0.226. The van der Waals surface area contributed by atoms with Gasteiger partial charge in [-0.3, -0.25) is 0 Å². The van der Waals surface area contributed by atoms with Crippen LogP contribution in [0, 0.1) is 0 Å². The molecule has 0 spiro atoms. The van der Waals surface area contributed by atoms with Crippen LogP contribution in [-0.2, 0) is 13.2 Å². The standard InChI is InChI=1S/C24H25Cl2NO2/c1-3-28-23-14-19(15-27-17(2)20-9-5-4-6-10-20)13-22(26)24(23)29-16-18-8-7-11-21(25)12-18/h4-14,17,27H,3,15-16H2,1-2H3/t17-/m1/s1. The van der Waals surface area contributed by atoms with E-state index in [1.54, 1.807) is 0 Å². The van der Waals surface area contributed by atoms with Gasteiger partial charge in [0.15, 0.2) is 11.5 Å². The zero-order valence-electron chi connectivity index (χ0n) is 16.6. The third-order valence-corrected chi connectivity index (χ3v) is 5.07. The van der Waals surface area contributed by atoms with Crippen LogP contribution in [0.3, 0.4) is 0 Å². The van der Waals surface area contributed by atoms with E-state index in [1.165, 1.54) is 5.56 Å². The molecule has 5 heteroatoms. The van der Waals surface area contributed by atoms with Crippen LogP contribution in [0.2, 0.25) is 10.0 Å². The van der Waals surface area contributed by atoms with E-state index in [2.05, 4.69) is 24.4 Å². The van der Waals surface area contributed by atoms with Crippen LogP contribution >= 0.6 is 23.2 Å². The lowest BCUT2D eigenvalue weighted by molar-refractivity contribution is 0.269. The summed E-state index contributed by atoms with van der Waals surface area (Å²) in [6, 6.07) is 22.0. The van der Waals surface area contributed by atoms with Gasteiger partial charge < -0.3 is 14.8 Å². The summed E-state index contributed by atoms with van der Waals surface area (Å²) < 4.78 is 11.8. The topological polar surface area (TPSA) is 30.5 Å². The van der Waals surface area contributed by atoms with E-state index in [0.717, 1.165) is 11.1 Å². The summed E-state index contributed by atoms with van der Waals surface area (Å²) in [5.74, 6) is 1.19. The van der Waals surface area contributed by atoms with Crippen molar-refractivity contribution in [3.63, 3.8) is 0 Å². The van der Waals surface area contributed by atoms with Crippen molar-refractivity contribution in [3.05, 3.63) is 93.5 Å². The van der Waals surface area contributed by atoms with Crippen molar-refractivity contribution in [2.24, 2.45) is 0 Å². The molecule has 3 aromatic carbocycles. The molecule has 29 heavy (non-hydrogen) atoms. The molecule has 0 aromatic heterocycles. The molecule has 0 saturated carbocycles. The number of ether oxygens (including phenoxy) is 2. The predicted molar refractivity (Wildman–Crippen MR) is 120 cm³/mol. The van der Waals surface area contributed by atoms with Gasteiger partial charge in [0.25, 0.3) is 0 Å². The molecule has 1 N–H and O–H groups in total. The second-order valence-corrected chi connectivity index (χ2v) is 7.61. The van der Waals surface area contributed by atoms with Gasteiger partial charge in [-0.2, -0.15) is 0 Å². The summed E-state index contributed by atoms with van der Waals surface area (Å²) in [4.78, 5) is 0. The maximum absolute atomic E-state index is 6.54. The number of hydrogen-bond acceptors (Lipinski definition) is 3.